The van der Waals surface area contributed by atoms with Gasteiger partial charge in [-0.05, 0) is 43.7 Å². The lowest BCUT2D eigenvalue weighted by atomic mass is 9.84. The maximum absolute atomic E-state index is 13.1. The van der Waals surface area contributed by atoms with E-state index in [9.17, 15) is 9.59 Å². The number of carbonyl (C=O) groups is 2. The summed E-state index contributed by atoms with van der Waals surface area (Å²) in [5, 5.41) is 9.45. The number of carbonyl (C=O) groups excluding carboxylic acids is 2. The van der Waals surface area contributed by atoms with Crippen LogP contribution in [0.25, 0.3) is 10.9 Å². The van der Waals surface area contributed by atoms with Crippen LogP contribution in [0.2, 0.25) is 0 Å². The molecule has 6 heteroatoms. The lowest BCUT2D eigenvalue weighted by Crippen LogP contribution is -2.38. The van der Waals surface area contributed by atoms with Crippen molar-refractivity contribution in [3.8, 4) is 6.07 Å². The van der Waals surface area contributed by atoms with Crippen LogP contribution in [0.1, 0.15) is 48.3 Å². The molecule has 0 radical (unpaired) electrons. The molecule has 3 rings (SSSR count). The van der Waals surface area contributed by atoms with Gasteiger partial charge in [0.05, 0.1) is 23.6 Å². The largest absolute Gasteiger partial charge is 0.449 e. The van der Waals surface area contributed by atoms with Crippen LogP contribution < -0.4 is 0 Å². The minimum absolute atomic E-state index is 0.239. The molecule has 0 fully saturated rings. The van der Waals surface area contributed by atoms with Crippen LogP contribution in [0.4, 0.5) is 0 Å². The van der Waals surface area contributed by atoms with Crippen molar-refractivity contribution >= 4 is 22.8 Å². The number of hydrogen-bond acceptors (Lipinski definition) is 5. The monoisotopic (exact) mass is 379 g/mol. The fourth-order valence-electron chi connectivity index (χ4n) is 3.70. The first-order valence-electron chi connectivity index (χ1n) is 9.65. The molecule has 6 nitrogen and oxygen atoms in total. The maximum Gasteiger partial charge on any atom is 0.339 e. The molecular weight excluding hydrogens is 354 g/mol. The fraction of sp³-hybridized carbons (Fsp3) is 0.455. The van der Waals surface area contributed by atoms with Gasteiger partial charge in [0.15, 0.2) is 6.10 Å². The average Bonchev–Trinajstić information content (AvgIpc) is 2.69. The van der Waals surface area contributed by atoms with Crippen molar-refractivity contribution in [1.29, 1.82) is 5.26 Å². The van der Waals surface area contributed by atoms with Crippen LogP contribution in [-0.4, -0.2) is 41.5 Å². The highest BCUT2D eigenvalue weighted by molar-refractivity contribution is 6.05. The van der Waals surface area contributed by atoms with Gasteiger partial charge in [-0.15, -0.1) is 0 Å². The molecular formula is C22H25N3O3. The SMILES string of the molecule is C[C@@H]1CCc2nc3ccccc3c(C(=O)O[C@H](C)C(=O)N(C)CCC#N)c2C1. The lowest BCUT2D eigenvalue weighted by Gasteiger charge is -2.25. The number of rotatable bonds is 5. The van der Waals surface area contributed by atoms with Crippen LogP contribution in [0.15, 0.2) is 24.3 Å². The van der Waals surface area contributed by atoms with Gasteiger partial charge < -0.3 is 9.64 Å². The topological polar surface area (TPSA) is 83.3 Å². The van der Waals surface area contributed by atoms with Crippen molar-refractivity contribution in [3.05, 3.63) is 41.1 Å². The third-order valence-electron chi connectivity index (χ3n) is 5.28. The van der Waals surface area contributed by atoms with Crippen molar-refractivity contribution in [2.75, 3.05) is 13.6 Å². The minimum atomic E-state index is -0.917. The summed E-state index contributed by atoms with van der Waals surface area (Å²) in [5.74, 6) is -0.333. The highest BCUT2D eigenvalue weighted by Gasteiger charge is 2.29. The molecule has 0 saturated heterocycles. The van der Waals surface area contributed by atoms with Crippen LogP contribution in [0.3, 0.4) is 0 Å². The number of benzene rings is 1. The zero-order chi connectivity index (χ0) is 20.3. The highest BCUT2D eigenvalue weighted by Crippen LogP contribution is 2.32. The molecule has 28 heavy (non-hydrogen) atoms. The van der Waals surface area contributed by atoms with E-state index in [4.69, 9.17) is 15.0 Å². The van der Waals surface area contributed by atoms with Gasteiger partial charge in [0.1, 0.15) is 0 Å². The van der Waals surface area contributed by atoms with Crippen LogP contribution in [0.5, 0.6) is 0 Å². The van der Waals surface area contributed by atoms with Crippen molar-refractivity contribution in [2.24, 2.45) is 5.92 Å². The molecule has 1 heterocycles. The zero-order valence-electron chi connectivity index (χ0n) is 16.6. The van der Waals surface area contributed by atoms with Gasteiger partial charge >= 0.3 is 5.97 Å². The van der Waals surface area contributed by atoms with E-state index in [2.05, 4.69) is 6.92 Å². The standard InChI is InChI=1S/C22H25N3O3/c1-14-9-10-19-17(13-14)20(16-7-4-5-8-18(16)24-19)22(27)28-15(2)21(26)25(3)12-6-11-23/h4-5,7-8,14-15H,6,9-10,12-13H2,1-3H3/t14-,15-/m1/s1. The van der Waals surface area contributed by atoms with Crippen LogP contribution in [-0.2, 0) is 22.4 Å². The number of pyridine rings is 1. The van der Waals surface area contributed by atoms with E-state index in [0.29, 0.717) is 18.0 Å². The minimum Gasteiger partial charge on any atom is -0.449 e. The number of ether oxygens (including phenoxy) is 1. The number of aromatic nitrogens is 1. The van der Waals surface area contributed by atoms with Gasteiger partial charge in [-0.2, -0.15) is 5.26 Å². The second-order valence-corrected chi connectivity index (χ2v) is 7.49. The molecule has 2 atom stereocenters. The molecule has 0 spiro atoms. The number of esters is 1. The summed E-state index contributed by atoms with van der Waals surface area (Å²) in [6.07, 6.45) is 1.99. The third-order valence-corrected chi connectivity index (χ3v) is 5.28. The average molecular weight is 379 g/mol. The summed E-state index contributed by atoms with van der Waals surface area (Å²) in [6.45, 7) is 4.05. The van der Waals surface area contributed by atoms with Crippen molar-refractivity contribution in [2.45, 2.75) is 45.6 Å². The normalized spacial score (nSPS) is 16.7. The maximum atomic E-state index is 13.1. The number of hydrogen-bond donors (Lipinski definition) is 0. The van der Waals surface area contributed by atoms with Crippen LogP contribution >= 0.6 is 0 Å². The van der Waals surface area contributed by atoms with E-state index in [1.165, 1.54) is 4.90 Å². The molecule has 1 aliphatic rings. The van der Waals surface area contributed by atoms with Gasteiger partial charge in [-0.3, -0.25) is 9.78 Å². The number of para-hydroxylation sites is 1. The molecule has 0 N–H and O–H groups in total. The van der Waals surface area contributed by atoms with Gasteiger partial charge in [-0.25, -0.2) is 4.79 Å². The number of amides is 1. The Hall–Kier alpha value is -2.94. The van der Waals surface area contributed by atoms with Gasteiger partial charge in [-0.1, -0.05) is 25.1 Å². The Labute approximate surface area is 165 Å². The van der Waals surface area contributed by atoms with E-state index >= 15 is 0 Å². The molecule has 2 aromatic rings. The van der Waals surface area contributed by atoms with E-state index < -0.39 is 12.1 Å². The fourth-order valence-corrected chi connectivity index (χ4v) is 3.70. The Kier molecular flexibility index (Phi) is 5.93. The molecule has 0 aliphatic heterocycles. The Morgan fingerprint density at radius 1 is 1.39 bits per heavy atom. The van der Waals surface area contributed by atoms with E-state index in [1.54, 1.807) is 14.0 Å². The first-order valence-corrected chi connectivity index (χ1v) is 9.65. The summed E-state index contributed by atoms with van der Waals surface area (Å²) < 4.78 is 5.57. The summed E-state index contributed by atoms with van der Waals surface area (Å²) in [5.41, 5.74) is 3.20. The number of fused-ring (bicyclic) bond motifs is 2. The van der Waals surface area contributed by atoms with E-state index in [0.717, 1.165) is 41.4 Å². The molecule has 0 saturated carbocycles. The highest BCUT2D eigenvalue weighted by atomic mass is 16.5. The summed E-state index contributed by atoms with van der Waals surface area (Å²) in [4.78, 5) is 31.7. The predicted octanol–water partition coefficient (Wildman–Crippen LogP) is 3.28. The molecule has 1 amide bonds. The molecule has 0 unspecified atom stereocenters. The quantitative estimate of drug-likeness (QED) is 0.745. The second kappa shape index (κ2) is 8.39. The predicted molar refractivity (Wildman–Crippen MR) is 106 cm³/mol. The summed E-state index contributed by atoms with van der Waals surface area (Å²) >= 11 is 0. The van der Waals surface area contributed by atoms with Crippen molar-refractivity contribution in [3.63, 3.8) is 0 Å². The molecule has 1 aliphatic carbocycles. The zero-order valence-corrected chi connectivity index (χ0v) is 16.6. The number of nitriles is 1. The van der Waals surface area contributed by atoms with Crippen molar-refractivity contribution in [1.82, 2.24) is 9.88 Å². The molecule has 0 bridgehead atoms. The Morgan fingerprint density at radius 2 is 2.14 bits per heavy atom. The smallest absolute Gasteiger partial charge is 0.339 e. The lowest BCUT2D eigenvalue weighted by molar-refractivity contribution is -0.138. The Bertz CT molecular complexity index is 948. The van der Waals surface area contributed by atoms with E-state index in [1.807, 2.05) is 30.3 Å². The second-order valence-electron chi connectivity index (χ2n) is 7.49. The number of likely N-dealkylation sites (N-methyl/N-ethyl adjacent to an activating group) is 1. The number of nitrogens with zero attached hydrogens (tertiary/aromatic N) is 3. The van der Waals surface area contributed by atoms with Gasteiger partial charge in [0, 0.05) is 24.7 Å². The number of aryl methyl sites for hydroxylation is 1. The summed E-state index contributed by atoms with van der Waals surface area (Å²) in [6, 6.07) is 9.57. The first kappa shape index (κ1) is 19.8. The summed E-state index contributed by atoms with van der Waals surface area (Å²) in [7, 11) is 1.61. The van der Waals surface area contributed by atoms with Crippen LogP contribution in [0, 0.1) is 17.2 Å². The van der Waals surface area contributed by atoms with Gasteiger partial charge in [0.2, 0.25) is 0 Å². The van der Waals surface area contributed by atoms with E-state index in [-0.39, 0.29) is 12.3 Å². The Balaban J connectivity index is 1.92. The molecule has 146 valence electrons. The van der Waals surface area contributed by atoms with Gasteiger partial charge in [0.25, 0.3) is 5.91 Å². The first-order chi connectivity index (χ1) is 13.4. The Morgan fingerprint density at radius 3 is 2.89 bits per heavy atom. The molecule has 1 aromatic heterocycles. The third kappa shape index (κ3) is 3.99. The van der Waals surface area contributed by atoms with Crippen molar-refractivity contribution < 1.29 is 14.3 Å². The molecule has 1 aromatic carbocycles.